The van der Waals surface area contributed by atoms with E-state index < -0.39 is 23.7 Å². The van der Waals surface area contributed by atoms with Gasteiger partial charge < -0.3 is 11.1 Å². The molecule has 4 rings (SSSR count). The molecule has 0 saturated heterocycles. The molecule has 0 saturated carbocycles. The monoisotopic (exact) mass is 450 g/mol. The second-order valence-corrected chi connectivity index (χ2v) is 8.09. The number of carbonyl (C=O) groups is 2. The van der Waals surface area contributed by atoms with Gasteiger partial charge in [0.15, 0.2) is 5.16 Å². The minimum absolute atomic E-state index is 0.0525. The predicted molar refractivity (Wildman–Crippen MR) is 120 cm³/mol. The number of nitrogens with one attached hydrogen (secondary N) is 1. The van der Waals surface area contributed by atoms with Gasteiger partial charge in [0.05, 0.1) is 5.69 Å². The van der Waals surface area contributed by atoms with Crippen LogP contribution in [-0.4, -0.2) is 33.5 Å². The van der Waals surface area contributed by atoms with Gasteiger partial charge >= 0.3 is 0 Å². The molecular weight excluding hydrogens is 431 g/mol. The smallest absolute Gasteiger partial charge is 0.271 e. The van der Waals surface area contributed by atoms with Crippen molar-refractivity contribution < 1.29 is 14.0 Å². The zero-order chi connectivity index (χ0) is 22.7. The van der Waals surface area contributed by atoms with E-state index >= 15 is 0 Å². The number of aromatic nitrogens is 2. The molecule has 2 amide bonds. The van der Waals surface area contributed by atoms with Crippen LogP contribution in [-0.2, 0) is 9.59 Å². The highest BCUT2D eigenvalue weighted by atomic mass is 32.2. The van der Waals surface area contributed by atoms with E-state index in [9.17, 15) is 14.0 Å². The number of benzene rings is 2. The average Bonchev–Trinajstić information content (AvgIpc) is 3.23. The minimum atomic E-state index is -0.827. The van der Waals surface area contributed by atoms with E-state index in [1.807, 2.05) is 19.1 Å². The van der Waals surface area contributed by atoms with Gasteiger partial charge in [-0.2, -0.15) is 5.10 Å². The number of carbonyl (C=O) groups excluding carboxylic acids is 2. The van der Waals surface area contributed by atoms with Crippen molar-refractivity contribution in [1.29, 1.82) is 0 Å². The Hall–Kier alpha value is -3.79. The molecule has 8 nitrogen and oxygen atoms in total. The van der Waals surface area contributed by atoms with Crippen molar-refractivity contribution in [3.8, 4) is 0 Å². The molecule has 0 aliphatic carbocycles. The van der Waals surface area contributed by atoms with Crippen LogP contribution >= 0.6 is 11.8 Å². The summed E-state index contributed by atoms with van der Waals surface area (Å²) >= 11 is 1.41. The van der Waals surface area contributed by atoms with Gasteiger partial charge in [-0.05, 0) is 72.8 Å². The molecule has 1 aliphatic rings. The minimum Gasteiger partial charge on any atom is -0.368 e. The topological polar surface area (TPSA) is 114 Å². The summed E-state index contributed by atoms with van der Waals surface area (Å²) in [7, 11) is 0. The van der Waals surface area contributed by atoms with Crippen LogP contribution in [0.5, 0.6) is 0 Å². The molecule has 162 valence electrons. The van der Waals surface area contributed by atoms with Crippen molar-refractivity contribution in [3.05, 3.63) is 72.3 Å². The summed E-state index contributed by atoms with van der Waals surface area (Å²) in [5, 5.41) is 9.10. The van der Waals surface area contributed by atoms with Crippen molar-refractivity contribution in [1.82, 2.24) is 9.97 Å². The Kier molecular flexibility index (Phi) is 6.13. The Balaban J connectivity index is 1.50. The number of amides is 2. The highest BCUT2D eigenvalue weighted by Gasteiger charge is 2.35. The first kappa shape index (κ1) is 21.4. The maximum absolute atomic E-state index is 13.2. The van der Waals surface area contributed by atoms with Crippen molar-refractivity contribution in [2.75, 3.05) is 10.3 Å². The average molecular weight is 450 g/mol. The summed E-state index contributed by atoms with van der Waals surface area (Å²) < 4.78 is 13.2. The van der Waals surface area contributed by atoms with Crippen LogP contribution in [0.4, 0.5) is 15.8 Å². The van der Waals surface area contributed by atoms with Gasteiger partial charge in [0, 0.05) is 29.4 Å². The van der Waals surface area contributed by atoms with Crippen LogP contribution in [0.15, 0.2) is 76.1 Å². The largest absolute Gasteiger partial charge is 0.368 e. The number of halogens is 1. The number of hydrogen-bond donors (Lipinski definition) is 2. The summed E-state index contributed by atoms with van der Waals surface area (Å²) in [4.78, 5) is 34.1. The fourth-order valence-electron chi connectivity index (χ4n) is 3.18. The second-order valence-electron chi connectivity index (χ2n) is 7.05. The van der Waals surface area contributed by atoms with Crippen LogP contribution in [0.2, 0.25) is 0 Å². The predicted octanol–water partition coefficient (Wildman–Crippen LogP) is 3.13. The zero-order valence-electron chi connectivity index (χ0n) is 17.0. The number of rotatable bonds is 6. The molecule has 0 radical (unpaired) electrons. The van der Waals surface area contributed by atoms with Crippen LogP contribution in [0.3, 0.4) is 0 Å². The van der Waals surface area contributed by atoms with Gasteiger partial charge in [0.2, 0.25) is 5.91 Å². The molecule has 1 aliphatic heterocycles. The summed E-state index contributed by atoms with van der Waals surface area (Å²) in [5.41, 5.74) is 7.60. The van der Waals surface area contributed by atoms with Gasteiger partial charge in [0.1, 0.15) is 17.6 Å². The Morgan fingerprint density at radius 1 is 1.16 bits per heavy atom. The van der Waals surface area contributed by atoms with Gasteiger partial charge in [-0.15, -0.1) is 0 Å². The van der Waals surface area contributed by atoms with E-state index in [0.717, 1.165) is 10.5 Å². The number of nitrogens with two attached hydrogens (primary N) is 1. The first-order chi connectivity index (χ1) is 15.4. The van der Waals surface area contributed by atoms with E-state index in [1.54, 1.807) is 24.5 Å². The quantitative estimate of drug-likeness (QED) is 0.558. The molecule has 32 heavy (non-hydrogen) atoms. The summed E-state index contributed by atoms with van der Waals surface area (Å²) in [6.07, 6.45) is 3.40. The third-order valence-electron chi connectivity index (χ3n) is 4.79. The molecule has 1 unspecified atom stereocenters. The third kappa shape index (κ3) is 4.75. The molecule has 0 bridgehead atoms. The first-order valence-corrected chi connectivity index (χ1v) is 10.5. The maximum Gasteiger partial charge on any atom is 0.271 e. The molecular formula is C22H19FN6O2S. The van der Waals surface area contributed by atoms with Crippen molar-refractivity contribution in [2.45, 2.75) is 29.4 Å². The lowest BCUT2D eigenvalue weighted by molar-refractivity contribution is -0.119. The number of aryl methyl sites for hydroxylation is 1. The van der Waals surface area contributed by atoms with E-state index in [4.69, 9.17) is 5.73 Å². The standard InChI is InChI=1S/C22H19FN6O2S/c1-13-11-16(32-22-25-9-2-10-26-22)7-8-17(13)27-21(31)18-12-19(20(24)30)29(28-18)15-5-3-14(23)4-6-15/h2-11,19H,12H2,1H3,(H2,24,30)(H,27,31). The lowest BCUT2D eigenvalue weighted by Crippen LogP contribution is -2.39. The SMILES string of the molecule is Cc1cc(Sc2ncccn2)ccc1NC(=O)C1=NN(c2ccc(F)cc2)C(C(N)=O)C1. The first-order valence-electron chi connectivity index (χ1n) is 9.69. The Labute approximate surface area is 187 Å². The Morgan fingerprint density at radius 3 is 2.53 bits per heavy atom. The van der Waals surface area contributed by atoms with Crippen molar-refractivity contribution >= 4 is 40.7 Å². The highest BCUT2D eigenvalue weighted by molar-refractivity contribution is 7.99. The van der Waals surface area contributed by atoms with E-state index in [0.29, 0.717) is 16.5 Å². The van der Waals surface area contributed by atoms with Gasteiger partial charge in [-0.3, -0.25) is 14.6 Å². The van der Waals surface area contributed by atoms with Crippen LogP contribution in [0.1, 0.15) is 12.0 Å². The lowest BCUT2D eigenvalue weighted by Gasteiger charge is -2.20. The summed E-state index contributed by atoms with van der Waals surface area (Å²) in [5.74, 6) is -1.47. The second kappa shape index (κ2) is 9.15. The molecule has 0 fully saturated rings. The van der Waals surface area contributed by atoms with Gasteiger partial charge in [-0.1, -0.05) is 0 Å². The number of nitrogens with zero attached hydrogens (tertiary/aromatic N) is 4. The normalized spacial score (nSPS) is 15.4. The fraction of sp³-hybridized carbons (Fsp3) is 0.136. The molecule has 3 N–H and O–H groups in total. The molecule has 1 aromatic heterocycles. The van der Waals surface area contributed by atoms with Crippen LogP contribution < -0.4 is 16.1 Å². The summed E-state index contributed by atoms with van der Waals surface area (Å²) in [6.45, 7) is 1.87. The maximum atomic E-state index is 13.2. The molecule has 2 heterocycles. The lowest BCUT2D eigenvalue weighted by atomic mass is 10.1. The molecule has 1 atom stereocenters. The van der Waals surface area contributed by atoms with E-state index in [1.165, 1.54) is 41.0 Å². The van der Waals surface area contributed by atoms with Gasteiger partial charge in [0.25, 0.3) is 5.91 Å². The number of anilines is 2. The third-order valence-corrected chi connectivity index (χ3v) is 5.67. The number of primary amides is 1. The number of hydrogen-bond acceptors (Lipinski definition) is 7. The van der Waals surface area contributed by atoms with E-state index in [-0.39, 0.29) is 12.1 Å². The molecule has 10 heteroatoms. The number of hydrazone groups is 1. The van der Waals surface area contributed by atoms with Crippen LogP contribution in [0.25, 0.3) is 0 Å². The molecule has 3 aromatic rings. The molecule has 2 aromatic carbocycles. The highest BCUT2D eigenvalue weighted by Crippen LogP contribution is 2.29. The fourth-order valence-corrected chi connectivity index (χ4v) is 3.99. The Morgan fingerprint density at radius 2 is 1.88 bits per heavy atom. The zero-order valence-corrected chi connectivity index (χ0v) is 17.8. The Bertz CT molecular complexity index is 1190. The summed E-state index contributed by atoms with van der Waals surface area (Å²) in [6, 6.07) is 12.0. The van der Waals surface area contributed by atoms with Crippen molar-refractivity contribution in [3.63, 3.8) is 0 Å². The van der Waals surface area contributed by atoms with Crippen LogP contribution in [0, 0.1) is 12.7 Å². The van der Waals surface area contributed by atoms with Crippen molar-refractivity contribution in [2.24, 2.45) is 10.8 Å². The van der Waals surface area contributed by atoms with Gasteiger partial charge in [-0.25, -0.2) is 14.4 Å². The molecule has 0 spiro atoms. The van der Waals surface area contributed by atoms with E-state index in [2.05, 4.69) is 20.4 Å².